The lowest BCUT2D eigenvalue weighted by atomic mass is 10.0. The van der Waals surface area contributed by atoms with Crippen molar-refractivity contribution < 1.29 is 4.79 Å². The van der Waals surface area contributed by atoms with Crippen LogP contribution in [0, 0.1) is 0 Å². The number of rotatable bonds is 5. The van der Waals surface area contributed by atoms with E-state index in [1.54, 1.807) is 42.6 Å². The van der Waals surface area contributed by atoms with Gasteiger partial charge >= 0.3 is 0 Å². The van der Waals surface area contributed by atoms with Crippen LogP contribution < -0.4 is 0 Å². The van der Waals surface area contributed by atoms with Gasteiger partial charge in [-0.15, -0.1) is 23.2 Å². The van der Waals surface area contributed by atoms with Gasteiger partial charge in [-0.1, -0.05) is 11.6 Å². The van der Waals surface area contributed by atoms with Crippen LogP contribution in [0.2, 0.25) is 5.02 Å². The van der Waals surface area contributed by atoms with Crippen molar-refractivity contribution in [1.29, 1.82) is 0 Å². The maximum Gasteiger partial charge on any atom is 0.194 e. The molecule has 1 aromatic carbocycles. The summed E-state index contributed by atoms with van der Waals surface area (Å²) in [6.07, 6.45) is 2.14. The van der Waals surface area contributed by atoms with Crippen LogP contribution in [0.15, 0.2) is 42.6 Å². The molecule has 0 saturated heterocycles. The lowest BCUT2D eigenvalue weighted by molar-refractivity contribution is 0.103. The van der Waals surface area contributed by atoms with Gasteiger partial charge in [-0.3, -0.25) is 9.78 Å². The molecule has 0 spiro atoms. The Kier molecular flexibility index (Phi) is 5.41. The van der Waals surface area contributed by atoms with Crippen LogP contribution in [0.25, 0.3) is 0 Å². The third kappa shape index (κ3) is 3.95. The van der Waals surface area contributed by atoms with Crippen molar-refractivity contribution in [3.05, 3.63) is 64.4 Å². The molecule has 0 N–H and O–H groups in total. The molecule has 1 aromatic heterocycles. The van der Waals surface area contributed by atoms with Crippen LogP contribution in [0.3, 0.4) is 0 Å². The van der Waals surface area contributed by atoms with Crippen LogP contribution in [-0.4, -0.2) is 22.0 Å². The van der Waals surface area contributed by atoms with Crippen LogP contribution in [-0.2, 0) is 6.42 Å². The minimum absolute atomic E-state index is 0.0829. The number of nitrogens with zero attached hydrogens (tertiary/aromatic N) is 1. The number of carbonyl (C=O) groups is 1. The first kappa shape index (κ1) is 15.3. The van der Waals surface area contributed by atoms with E-state index in [9.17, 15) is 4.79 Å². The second-order valence-electron chi connectivity index (χ2n) is 4.33. The van der Waals surface area contributed by atoms with Gasteiger partial charge < -0.3 is 0 Å². The van der Waals surface area contributed by atoms with Crippen molar-refractivity contribution in [1.82, 2.24) is 4.98 Å². The highest BCUT2D eigenvalue weighted by Gasteiger charge is 2.10. The highest BCUT2D eigenvalue weighted by Crippen LogP contribution is 2.14. The quantitative estimate of drug-likeness (QED) is 0.603. The lowest BCUT2D eigenvalue weighted by Crippen LogP contribution is -2.07. The van der Waals surface area contributed by atoms with E-state index in [0.29, 0.717) is 28.5 Å². The largest absolute Gasteiger partial charge is 0.289 e. The van der Waals surface area contributed by atoms with Gasteiger partial charge in [0.05, 0.1) is 5.38 Å². The summed E-state index contributed by atoms with van der Waals surface area (Å²) in [4.78, 5) is 16.5. The molecule has 0 bridgehead atoms. The Balaban J connectivity index is 2.13. The fourth-order valence-corrected chi connectivity index (χ4v) is 2.12. The summed E-state index contributed by atoms with van der Waals surface area (Å²) in [6.45, 7) is 0. The van der Waals surface area contributed by atoms with E-state index < -0.39 is 0 Å². The summed E-state index contributed by atoms with van der Waals surface area (Å²) < 4.78 is 0. The first-order valence-corrected chi connectivity index (χ1v) is 7.40. The van der Waals surface area contributed by atoms with Crippen molar-refractivity contribution in [2.75, 3.05) is 5.88 Å². The maximum atomic E-state index is 12.2. The Morgan fingerprint density at radius 1 is 1.10 bits per heavy atom. The zero-order valence-electron chi connectivity index (χ0n) is 10.5. The van der Waals surface area contributed by atoms with Gasteiger partial charge in [0.2, 0.25) is 0 Å². The molecule has 5 heteroatoms. The summed E-state index contributed by atoms with van der Waals surface area (Å²) >= 11 is 17.4. The Morgan fingerprint density at radius 3 is 2.30 bits per heavy atom. The first-order valence-electron chi connectivity index (χ1n) is 6.05. The Morgan fingerprint density at radius 2 is 1.75 bits per heavy atom. The highest BCUT2D eigenvalue weighted by atomic mass is 35.5. The molecule has 0 aliphatic heterocycles. The summed E-state index contributed by atoms with van der Waals surface area (Å²) in [5.74, 6) is 0.287. The minimum Gasteiger partial charge on any atom is -0.289 e. The van der Waals surface area contributed by atoms with Crippen LogP contribution in [0.5, 0.6) is 0 Å². The van der Waals surface area contributed by atoms with Crippen LogP contribution in [0.4, 0.5) is 0 Å². The number of hydrogen-bond acceptors (Lipinski definition) is 2. The van der Waals surface area contributed by atoms with Crippen molar-refractivity contribution in [2.45, 2.75) is 11.8 Å². The predicted molar refractivity (Wildman–Crippen MR) is 83.2 cm³/mol. The molecular formula is C15H12Cl3NO. The molecule has 0 amide bonds. The summed E-state index contributed by atoms with van der Waals surface area (Å²) in [5.41, 5.74) is 1.94. The molecule has 0 saturated carbocycles. The Hall–Kier alpha value is -1.09. The molecule has 1 unspecified atom stereocenters. The molecule has 20 heavy (non-hydrogen) atoms. The molecule has 0 aliphatic carbocycles. The number of ketones is 1. The molecule has 1 atom stereocenters. The number of alkyl halides is 2. The van der Waals surface area contributed by atoms with Crippen molar-refractivity contribution in [3.8, 4) is 0 Å². The van der Waals surface area contributed by atoms with E-state index in [-0.39, 0.29) is 11.2 Å². The third-order valence-corrected chi connectivity index (χ3v) is 3.88. The summed E-state index contributed by atoms with van der Waals surface area (Å²) in [7, 11) is 0. The second-order valence-corrected chi connectivity index (χ2v) is 5.69. The number of carbonyl (C=O) groups excluding carboxylic acids is 1. The Labute approximate surface area is 132 Å². The minimum atomic E-state index is -0.151. The SMILES string of the molecule is O=C(c1ccc(Cl)cc1)c1ccc(CC(Cl)CCl)nc1. The van der Waals surface area contributed by atoms with Gasteiger partial charge in [-0.25, -0.2) is 0 Å². The molecule has 0 radical (unpaired) electrons. The molecular weight excluding hydrogens is 317 g/mol. The van der Waals surface area contributed by atoms with E-state index in [1.165, 1.54) is 0 Å². The number of benzene rings is 1. The van der Waals surface area contributed by atoms with Crippen molar-refractivity contribution in [3.63, 3.8) is 0 Å². The van der Waals surface area contributed by atoms with Gasteiger partial charge in [-0.05, 0) is 36.4 Å². The molecule has 2 aromatic rings. The average Bonchev–Trinajstić information content (AvgIpc) is 2.48. The van der Waals surface area contributed by atoms with Gasteiger partial charge in [0.15, 0.2) is 5.78 Å². The number of halogens is 3. The third-order valence-electron chi connectivity index (χ3n) is 2.79. The fraction of sp³-hybridized carbons (Fsp3) is 0.200. The lowest BCUT2D eigenvalue weighted by Gasteiger charge is -2.06. The smallest absolute Gasteiger partial charge is 0.194 e. The maximum absolute atomic E-state index is 12.2. The van der Waals surface area contributed by atoms with Gasteiger partial charge in [-0.2, -0.15) is 0 Å². The molecule has 104 valence electrons. The van der Waals surface area contributed by atoms with Crippen molar-refractivity contribution in [2.24, 2.45) is 0 Å². The van der Waals surface area contributed by atoms with Gasteiger partial charge in [0.1, 0.15) is 0 Å². The zero-order chi connectivity index (χ0) is 14.5. The van der Waals surface area contributed by atoms with Gasteiger partial charge in [0, 0.05) is 40.3 Å². The fourth-order valence-electron chi connectivity index (χ4n) is 1.73. The molecule has 1 heterocycles. The van der Waals surface area contributed by atoms with Gasteiger partial charge in [0.25, 0.3) is 0 Å². The van der Waals surface area contributed by atoms with E-state index in [2.05, 4.69) is 4.98 Å². The van der Waals surface area contributed by atoms with E-state index in [4.69, 9.17) is 34.8 Å². The normalized spacial score (nSPS) is 12.2. The number of pyridine rings is 1. The molecule has 0 aliphatic rings. The average molecular weight is 329 g/mol. The zero-order valence-corrected chi connectivity index (χ0v) is 12.8. The standard InChI is InChI=1S/C15H12Cl3NO/c16-8-13(18)7-14-6-3-11(9-19-14)15(20)10-1-4-12(17)5-2-10/h1-6,9,13H,7-8H2. The second kappa shape index (κ2) is 7.07. The topological polar surface area (TPSA) is 30.0 Å². The first-order chi connectivity index (χ1) is 9.60. The van der Waals surface area contributed by atoms with Crippen LogP contribution >= 0.6 is 34.8 Å². The summed E-state index contributed by atoms with van der Waals surface area (Å²) in [6, 6.07) is 10.3. The van der Waals surface area contributed by atoms with E-state index in [1.807, 2.05) is 0 Å². The Bertz CT molecular complexity index is 581. The molecule has 2 rings (SSSR count). The summed E-state index contributed by atoms with van der Waals surface area (Å²) in [5, 5.41) is 0.450. The molecule has 2 nitrogen and oxygen atoms in total. The monoisotopic (exact) mass is 327 g/mol. The predicted octanol–water partition coefficient (Wildman–Crippen LogP) is 4.35. The van der Waals surface area contributed by atoms with E-state index in [0.717, 1.165) is 5.69 Å². The van der Waals surface area contributed by atoms with E-state index >= 15 is 0 Å². The van der Waals surface area contributed by atoms with Crippen molar-refractivity contribution >= 4 is 40.6 Å². The van der Waals surface area contributed by atoms with Crippen LogP contribution in [0.1, 0.15) is 21.6 Å². The molecule has 0 fully saturated rings. The number of hydrogen-bond donors (Lipinski definition) is 0. The highest BCUT2D eigenvalue weighted by molar-refractivity contribution is 6.30. The number of aromatic nitrogens is 1.